The molecule has 2 aromatic rings. The number of nitrogens with one attached hydrogen (secondary N) is 1. The third kappa shape index (κ3) is 8.06. The van der Waals surface area contributed by atoms with Gasteiger partial charge in [-0.05, 0) is 52.2 Å². The van der Waals surface area contributed by atoms with Crippen molar-refractivity contribution in [1.29, 1.82) is 0 Å². The van der Waals surface area contributed by atoms with E-state index in [-0.39, 0.29) is 24.7 Å². The smallest absolute Gasteiger partial charge is 0.303 e. The maximum absolute atomic E-state index is 12.2. The topological polar surface area (TPSA) is 148 Å². The van der Waals surface area contributed by atoms with Crippen molar-refractivity contribution >= 4 is 28.9 Å². The molecule has 3 rings (SSSR count). The van der Waals surface area contributed by atoms with Crippen molar-refractivity contribution in [2.75, 3.05) is 32.0 Å². The minimum absolute atomic E-state index is 0.0572. The standard InChI is InChI=1S/C21H33N7O4.C2H2/c1-27(11-5-7-18(30)31)12-15-8-9-17(32-15)28-14-25-19-20(23-13-24-21(19)28)26-16(29)6-3-2-4-10-22;1-2/h13-15,17H,2-12,22H2,1H3,(H,30,31)(H,23,24,26,29);1-2H/t15-,17+;/m0./s1. The maximum Gasteiger partial charge on any atom is 0.303 e. The van der Waals surface area contributed by atoms with E-state index in [0.717, 1.165) is 38.6 Å². The zero-order valence-corrected chi connectivity index (χ0v) is 19.7. The van der Waals surface area contributed by atoms with Crippen LogP contribution in [0.15, 0.2) is 12.7 Å². The Kier molecular flexibility index (Phi) is 11.4. The molecule has 0 spiro atoms. The highest BCUT2D eigenvalue weighted by molar-refractivity contribution is 5.96. The molecule has 1 amide bonds. The number of nitrogens with zero attached hydrogens (tertiary/aromatic N) is 5. The fourth-order valence-electron chi connectivity index (χ4n) is 3.92. The molecule has 0 aromatic carbocycles. The lowest BCUT2D eigenvalue weighted by Crippen LogP contribution is -2.30. The van der Waals surface area contributed by atoms with Gasteiger partial charge in [0.25, 0.3) is 0 Å². The van der Waals surface area contributed by atoms with Crippen molar-refractivity contribution in [2.24, 2.45) is 5.73 Å². The largest absolute Gasteiger partial charge is 0.481 e. The third-order valence-electron chi connectivity index (χ3n) is 5.57. The Morgan fingerprint density at radius 3 is 2.74 bits per heavy atom. The number of hydrogen-bond donors (Lipinski definition) is 3. The lowest BCUT2D eigenvalue weighted by molar-refractivity contribution is -0.137. The van der Waals surface area contributed by atoms with Gasteiger partial charge in [-0.15, -0.1) is 12.8 Å². The van der Waals surface area contributed by atoms with Crippen molar-refractivity contribution < 1.29 is 19.4 Å². The normalized spacial score (nSPS) is 17.4. The van der Waals surface area contributed by atoms with Gasteiger partial charge >= 0.3 is 5.97 Å². The van der Waals surface area contributed by atoms with Crippen LogP contribution < -0.4 is 11.1 Å². The number of aliphatic carboxylic acids is 1. The number of carboxylic acid groups (broad SMARTS) is 1. The van der Waals surface area contributed by atoms with Crippen molar-refractivity contribution in [3.63, 3.8) is 0 Å². The molecule has 11 heteroatoms. The molecule has 34 heavy (non-hydrogen) atoms. The summed E-state index contributed by atoms with van der Waals surface area (Å²) in [6, 6.07) is 0. The van der Waals surface area contributed by atoms with E-state index >= 15 is 0 Å². The second-order valence-corrected chi connectivity index (χ2v) is 8.24. The first-order chi connectivity index (χ1) is 16.5. The summed E-state index contributed by atoms with van der Waals surface area (Å²) in [5.74, 6) is -0.461. The number of carboxylic acids is 1. The molecule has 3 heterocycles. The lowest BCUT2D eigenvalue weighted by atomic mass is 10.2. The van der Waals surface area contributed by atoms with Crippen molar-refractivity contribution in [3.8, 4) is 12.8 Å². The molecule has 2 aromatic heterocycles. The fourth-order valence-corrected chi connectivity index (χ4v) is 3.92. The highest BCUT2D eigenvalue weighted by Crippen LogP contribution is 2.31. The second-order valence-electron chi connectivity index (χ2n) is 8.24. The van der Waals surface area contributed by atoms with Crippen LogP contribution in [-0.4, -0.2) is 74.2 Å². The number of rotatable bonds is 13. The summed E-state index contributed by atoms with van der Waals surface area (Å²) >= 11 is 0. The van der Waals surface area contributed by atoms with Gasteiger partial charge in [0.2, 0.25) is 5.91 Å². The summed E-state index contributed by atoms with van der Waals surface area (Å²) in [4.78, 5) is 38.0. The van der Waals surface area contributed by atoms with E-state index in [4.69, 9.17) is 15.6 Å². The van der Waals surface area contributed by atoms with Crippen molar-refractivity contribution in [3.05, 3.63) is 12.7 Å². The van der Waals surface area contributed by atoms with Gasteiger partial charge in [-0.2, -0.15) is 0 Å². The summed E-state index contributed by atoms with van der Waals surface area (Å²) in [7, 11) is 1.98. The summed E-state index contributed by atoms with van der Waals surface area (Å²) in [6.07, 6.45) is 16.5. The van der Waals surface area contributed by atoms with Crippen LogP contribution in [0.1, 0.15) is 57.6 Å². The van der Waals surface area contributed by atoms with E-state index in [0.29, 0.717) is 42.9 Å². The highest BCUT2D eigenvalue weighted by Gasteiger charge is 2.29. The number of unbranched alkanes of at least 4 members (excludes halogenated alkanes) is 2. The number of carbonyl (C=O) groups excluding carboxylic acids is 1. The number of amides is 1. The summed E-state index contributed by atoms with van der Waals surface area (Å²) in [5, 5.41) is 11.6. The quantitative estimate of drug-likeness (QED) is 0.293. The average molecular weight is 474 g/mol. The first kappa shape index (κ1) is 27.2. The molecule has 0 aliphatic carbocycles. The Morgan fingerprint density at radius 2 is 2.00 bits per heavy atom. The number of hydrogen-bond acceptors (Lipinski definition) is 8. The summed E-state index contributed by atoms with van der Waals surface area (Å²) < 4.78 is 8.10. The van der Waals surface area contributed by atoms with Crippen molar-refractivity contribution in [1.82, 2.24) is 24.4 Å². The molecule has 1 saturated heterocycles. The minimum atomic E-state index is -0.772. The Hall–Kier alpha value is -3.07. The van der Waals surface area contributed by atoms with Gasteiger partial charge in [-0.25, -0.2) is 15.0 Å². The molecule has 11 nitrogen and oxygen atoms in total. The molecule has 1 aliphatic rings. The molecule has 186 valence electrons. The van der Waals surface area contributed by atoms with Gasteiger partial charge in [0.15, 0.2) is 17.0 Å². The number of anilines is 1. The van der Waals surface area contributed by atoms with Gasteiger partial charge in [0.1, 0.15) is 12.6 Å². The van der Waals surface area contributed by atoms with Crippen LogP contribution in [0.4, 0.5) is 5.82 Å². The van der Waals surface area contributed by atoms with Gasteiger partial charge in [0.05, 0.1) is 12.4 Å². The third-order valence-corrected chi connectivity index (χ3v) is 5.57. The first-order valence-corrected chi connectivity index (χ1v) is 11.5. The van der Waals surface area contributed by atoms with Crippen LogP contribution in [0.2, 0.25) is 0 Å². The van der Waals surface area contributed by atoms with Crippen LogP contribution in [-0.2, 0) is 14.3 Å². The van der Waals surface area contributed by atoms with Gasteiger partial charge in [-0.1, -0.05) is 6.42 Å². The molecule has 0 radical (unpaired) electrons. The molecule has 2 atom stereocenters. The number of likely N-dealkylation sites (N-methyl/N-ethyl adjacent to an activating group) is 1. The molecule has 0 saturated carbocycles. The van der Waals surface area contributed by atoms with Gasteiger partial charge in [0, 0.05) is 19.4 Å². The van der Waals surface area contributed by atoms with E-state index in [1.165, 1.54) is 6.33 Å². The minimum Gasteiger partial charge on any atom is -0.481 e. The number of ether oxygens (including phenoxy) is 1. The zero-order valence-electron chi connectivity index (χ0n) is 19.7. The summed E-state index contributed by atoms with van der Waals surface area (Å²) in [5.41, 5.74) is 6.65. The second kappa shape index (κ2) is 14.2. The molecule has 0 bridgehead atoms. The summed E-state index contributed by atoms with van der Waals surface area (Å²) in [6.45, 7) is 2.09. The average Bonchev–Trinajstić information content (AvgIpc) is 3.45. The molecular formula is C23H35N7O4. The first-order valence-electron chi connectivity index (χ1n) is 11.5. The molecule has 1 fully saturated rings. The number of imidazole rings is 1. The molecule has 0 unspecified atom stereocenters. The van der Waals surface area contributed by atoms with E-state index in [1.807, 2.05) is 11.6 Å². The van der Waals surface area contributed by atoms with Crippen LogP contribution in [0.5, 0.6) is 0 Å². The van der Waals surface area contributed by atoms with Crippen LogP contribution >= 0.6 is 0 Å². The fraction of sp³-hybridized carbons (Fsp3) is 0.609. The number of aromatic nitrogens is 4. The van der Waals surface area contributed by atoms with Gasteiger partial charge < -0.3 is 25.8 Å². The monoisotopic (exact) mass is 473 g/mol. The maximum atomic E-state index is 12.2. The predicted octanol–water partition coefficient (Wildman–Crippen LogP) is 2.01. The molecular weight excluding hydrogens is 438 g/mol. The molecule has 1 aliphatic heterocycles. The Balaban J connectivity index is 0.00000199. The van der Waals surface area contributed by atoms with Crippen LogP contribution in [0, 0.1) is 12.8 Å². The Labute approximate surface area is 200 Å². The number of nitrogens with two attached hydrogens (primary N) is 1. The van der Waals surface area contributed by atoms with Crippen LogP contribution in [0.3, 0.4) is 0 Å². The van der Waals surface area contributed by atoms with E-state index in [2.05, 4.69) is 38.0 Å². The number of fused-ring (bicyclic) bond motifs is 1. The van der Waals surface area contributed by atoms with E-state index in [1.54, 1.807) is 6.33 Å². The van der Waals surface area contributed by atoms with E-state index in [9.17, 15) is 9.59 Å². The van der Waals surface area contributed by atoms with Crippen molar-refractivity contribution in [2.45, 2.75) is 63.7 Å². The lowest BCUT2D eigenvalue weighted by Gasteiger charge is -2.21. The molecule has 4 N–H and O–H groups in total. The Morgan fingerprint density at radius 1 is 1.21 bits per heavy atom. The van der Waals surface area contributed by atoms with E-state index < -0.39 is 5.97 Å². The SMILES string of the molecule is C#C.CN(CCCC(=O)O)C[C@@H]1CC[C@H](n2cnc3c(NC(=O)CCCCCN)ncnc32)O1. The predicted molar refractivity (Wildman–Crippen MR) is 129 cm³/mol. The van der Waals surface area contributed by atoms with Gasteiger partial charge in [-0.3, -0.25) is 14.2 Å². The number of carbonyl (C=O) groups is 2. The Bertz CT molecular complexity index is 946. The zero-order chi connectivity index (χ0) is 24.9. The van der Waals surface area contributed by atoms with Crippen LogP contribution in [0.25, 0.3) is 11.2 Å². The number of terminal acetylenes is 1. The highest BCUT2D eigenvalue weighted by atomic mass is 16.5.